The summed E-state index contributed by atoms with van der Waals surface area (Å²) < 4.78 is 3.66. The van der Waals surface area contributed by atoms with Crippen LogP contribution in [0.15, 0.2) is 35.5 Å². The predicted molar refractivity (Wildman–Crippen MR) is 98.9 cm³/mol. The minimum atomic E-state index is 0.0264. The van der Waals surface area contributed by atoms with Gasteiger partial charge in [0.15, 0.2) is 4.96 Å². The average molecular weight is 357 g/mol. The predicted octanol–water partition coefficient (Wildman–Crippen LogP) is 2.56. The van der Waals surface area contributed by atoms with Gasteiger partial charge in [-0.25, -0.2) is 4.98 Å². The Bertz CT molecular complexity index is 890. The first-order valence-electron chi connectivity index (χ1n) is 8.86. The molecular formula is C18H23N5OS. The molecule has 7 heteroatoms. The third-order valence-electron chi connectivity index (χ3n) is 4.95. The quantitative estimate of drug-likeness (QED) is 0.704. The molecule has 0 amide bonds. The lowest BCUT2D eigenvalue weighted by molar-refractivity contribution is 0.167. The van der Waals surface area contributed by atoms with E-state index in [-0.39, 0.29) is 5.56 Å². The van der Waals surface area contributed by atoms with Crippen molar-refractivity contribution in [3.63, 3.8) is 0 Å². The Morgan fingerprint density at radius 2 is 2.16 bits per heavy atom. The first-order valence-corrected chi connectivity index (χ1v) is 9.67. The molecule has 3 aromatic rings. The van der Waals surface area contributed by atoms with E-state index < -0.39 is 0 Å². The van der Waals surface area contributed by atoms with Crippen LogP contribution in [0.5, 0.6) is 0 Å². The number of aryl methyl sites for hydroxylation is 2. The molecule has 4 heterocycles. The number of aromatic nitrogens is 4. The van der Waals surface area contributed by atoms with Gasteiger partial charge in [0.05, 0.1) is 5.69 Å². The van der Waals surface area contributed by atoms with Gasteiger partial charge >= 0.3 is 0 Å². The van der Waals surface area contributed by atoms with Crippen LogP contribution in [0, 0.1) is 12.8 Å². The standard InChI is InChI=1S/C18H23N5OS/c1-14-12-23-17(24)11-16(20-18(23)25-14)13-21-8-3-15(4-9-21)5-10-22-7-2-6-19-22/h2,6-7,11-12,15H,3-5,8-10,13H2,1H3. The normalized spacial score (nSPS) is 16.7. The van der Waals surface area contributed by atoms with Crippen LogP contribution in [0.1, 0.15) is 29.8 Å². The third kappa shape index (κ3) is 3.82. The summed E-state index contributed by atoms with van der Waals surface area (Å²) in [5, 5.41) is 4.27. The summed E-state index contributed by atoms with van der Waals surface area (Å²) in [4.78, 5) is 21.2. The van der Waals surface area contributed by atoms with Crippen molar-refractivity contribution in [1.29, 1.82) is 0 Å². The van der Waals surface area contributed by atoms with E-state index in [9.17, 15) is 4.79 Å². The van der Waals surface area contributed by atoms with E-state index in [0.29, 0.717) is 0 Å². The van der Waals surface area contributed by atoms with Gasteiger partial charge in [-0.15, -0.1) is 11.3 Å². The second-order valence-electron chi connectivity index (χ2n) is 6.86. The molecule has 1 saturated heterocycles. The zero-order chi connectivity index (χ0) is 17.2. The Kier molecular flexibility index (Phi) is 4.67. The monoisotopic (exact) mass is 357 g/mol. The maximum absolute atomic E-state index is 12.2. The largest absolute Gasteiger partial charge is 0.297 e. The van der Waals surface area contributed by atoms with Crippen LogP contribution in [-0.2, 0) is 13.1 Å². The summed E-state index contributed by atoms with van der Waals surface area (Å²) in [6.45, 7) is 5.94. The molecule has 0 radical (unpaired) electrons. The van der Waals surface area contributed by atoms with Crippen LogP contribution in [0.4, 0.5) is 0 Å². The molecule has 0 aliphatic carbocycles. The van der Waals surface area contributed by atoms with Gasteiger partial charge in [0.2, 0.25) is 0 Å². The van der Waals surface area contributed by atoms with Gasteiger partial charge in [0, 0.05) is 42.6 Å². The first-order chi connectivity index (χ1) is 12.2. The molecule has 0 N–H and O–H groups in total. The van der Waals surface area contributed by atoms with Crippen LogP contribution in [0.2, 0.25) is 0 Å². The van der Waals surface area contributed by atoms with E-state index in [4.69, 9.17) is 0 Å². The second-order valence-corrected chi connectivity index (χ2v) is 8.07. The fourth-order valence-electron chi connectivity index (χ4n) is 3.55. The zero-order valence-corrected chi connectivity index (χ0v) is 15.3. The topological polar surface area (TPSA) is 55.4 Å². The van der Waals surface area contributed by atoms with Crippen molar-refractivity contribution in [3.8, 4) is 0 Å². The summed E-state index contributed by atoms with van der Waals surface area (Å²) in [6.07, 6.45) is 9.34. The van der Waals surface area contributed by atoms with Gasteiger partial charge in [-0.05, 0) is 51.3 Å². The second kappa shape index (κ2) is 7.09. The minimum absolute atomic E-state index is 0.0264. The summed E-state index contributed by atoms with van der Waals surface area (Å²) in [5.74, 6) is 0.765. The lowest BCUT2D eigenvalue weighted by Crippen LogP contribution is -2.34. The fourth-order valence-corrected chi connectivity index (χ4v) is 4.40. The lowest BCUT2D eigenvalue weighted by atomic mass is 9.93. The number of thiazole rings is 1. The number of fused-ring (bicyclic) bond motifs is 1. The number of likely N-dealkylation sites (tertiary alicyclic amines) is 1. The Morgan fingerprint density at radius 3 is 2.92 bits per heavy atom. The highest BCUT2D eigenvalue weighted by molar-refractivity contribution is 7.16. The molecular weight excluding hydrogens is 334 g/mol. The van der Waals surface area contributed by atoms with E-state index in [1.807, 2.05) is 36.3 Å². The van der Waals surface area contributed by atoms with Gasteiger partial charge in [0.25, 0.3) is 5.56 Å². The van der Waals surface area contributed by atoms with Crippen molar-refractivity contribution in [2.45, 2.75) is 39.3 Å². The lowest BCUT2D eigenvalue weighted by Gasteiger charge is -2.31. The Morgan fingerprint density at radius 1 is 1.32 bits per heavy atom. The van der Waals surface area contributed by atoms with E-state index >= 15 is 0 Å². The smallest absolute Gasteiger partial charge is 0.258 e. The van der Waals surface area contributed by atoms with Crippen molar-refractivity contribution >= 4 is 16.3 Å². The summed E-state index contributed by atoms with van der Waals surface area (Å²) in [5.41, 5.74) is 0.917. The van der Waals surface area contributed by atoms with Crippen molar-refractivity contribution in [2.24, 2.45) is 5.92 Å². The fraction of sp³-hybridized carbons (Fsp3) is 0.500. The summed E-state index contributed by atoms with van der Waals surface area (Å²) in [6, 6.07) is 3.66. The Labute approximate surface area is 150 Å². The van der Waals surface area contributed by atoms with Gasteiger partial charge in [-0.1, -0.05) is 0 Å². The van der Waals surface area contributed by atoms with E-state index in [2.05, 4.69) is 15.0 Å². The molecule has 0 bridgehead atoms. The van der Waals surface area contributed by atoms with Gasteiger partial charge in [-0.3, -0.25) is 18.8 Å². The number of hydrogen-bond acceptors (Lipinski definition) is 5. The van der Waals surface area contributed by atoms with Crippen LogP contribution < -0.4 is 5.56 Å². The van der Waals surface area contributed by atoms with Crippen molar-refractivity contribution < 1.29 is 0 Å². The Hall–Kier alpha value is -1.99. The Balaban J connectivity index is 1.33. The van der Waals surface area contributed by atoms with Crippen molar-refractivity contribution in [3.05, 3.63) is 51.6 Å². The molecule has 0 unspecified atom stereocenters. The van der Waals surface area contributed by atoms with Crippen LogP contribution in [-0.4, -0.2) is 37.2 Å². The minimum Gasteiger partial charge on any atom is -0.297 e. The van der Waals surface area contributed by atoms with Gasteiger partial charge in [-0.2, -0.15) is 5.10 Å². The molecule has 1 aliphatic rings. The third-order valence-corrected chi connectivity index (χ3v) is 5.85. The van der Waals surface area contributed by atoms with Crippen LogP contribution in [0.3, 0.4) is 0 Å². The van der Waals surface area contributed by atoms with Crippen molar-refractivity contribution in [1.82, 2.24) is 24.1 Å². The van der Waals surface area contributed by atoms with E-state index in [1.54, 1.807) is 21.8 Å². The van der Waals surface area contributed by atoms with E-state index in [0.717, 1.165) is 47.6 Å². The molecule has 0 atom stereocenters. The highest BCUT2D eigenvalue weighted by Crippen LogP contribution is 2.22. The molecule has 25 heavy (non-hydrogen) atoms. The van der Waals surface area contributed by atoms with E-state index in [1.165, 1.54) is 19.3 Å². The molecule has 1 aliphatic heterocycles. The average Bonchev–Trinajstić information content (AvgIpc) is 3.23. The molecule has 132 valence electrons. The number of nitrogens with zero attached hydrogens (tertiary/aromatic N) is 5. The van der Waals surface area contributed by atoms with Crippen LogP contribution in [0.25, 0.3) is 4.96 Å². The SMILES string of the molecule is Cc1cn2c(=O)cc(CN3CCC(CCn4cccn4)CC3)nc2s1. The number of rotatable bonds is 5. The highest BCUT2D eigenvalue weighted by atomic mass is 32.1. The summed E-state index contributed by atoms with van der Waals surface area (Å²) >= 11 is 1.57. The molecule has 1 fully saturated rings. The highest BCUT2D eigenvalue weighted by Gasteiger charge is 2.20. The molecule has 6 nitrogen and oxygen atoms in total. The van der Waals surface area contributed by atoms with Gasteiger partial charge < -0.3 is 0 Å². The molecule has 4 rings (SSSR count). The number of piperidine rings is 1. The maximum Gasteiger partial charge on any atom is 0.258 e. The molecule has 0 aromatic carbocycles. The van der Waals surface area contributed by atoms with Crippen LogP contribution >= 0.6 is 11.3 Å². The molecule has 0 saturated carbocycles. The number of hydrogen-bond donors (Lipinski definition) is 0. The molecule has 3 aromatic heterocycles. The van der Waals surface area contributed by atoms with Gasteiger partial charge in [0.1, 0.15) is 0 Å². The zero-order valence-electron chi connectivity index (χ0n) is 14.5. The van der Waals surface area contributed by atoms with Crippen molar-refractivity contribution in [2.75, 3.05) is 13.1 Å². The maximum atomic E-state index is 12.2. The molecule has 0 spiro atoms. The summed E-state index contributed by atoms with van der Waals surface area (Å²) in [7, 11) is 0. The first kappa shape index (κ1) is 16.5.